The molecule has 8 heteroatoms. The predicted octanol–water partition coefficient (Wildman–Crippen LogP) is 4.24. The van der Waals surface area contributed by atoms with Gasteiger partial charge in [0.25, 0.3) is 5.91 Å². The molecule has 0 fully saturated rings. The first kappa shape index (κ1) is 19.8. The van der Waals surface area contributed by atoms with E-state index in [0.717, 1.165) is 12.1 Å². The lowest BCUT2D eigenvalue weighted by atomic mass is 10.1. The van der Waals surface area contributed by atoms with Crippen molar-refractivity contribution in [3.8, 4) is 0 Å². The lowest BCUT2D eigenvalue weighted by Crippen LogP contribution is -2.22. The van der Waals surface area contributed by atoms with Crippen molar-refractivity contribution in [3.05, 3.63) is 64.2 Å². The molecule has 0 saturated carbocycles. The van der Waals surface area contributed by atoms with Crippen molar-refractivity contribution in [1.82, 2.24) is 4.90 Å². The fourth-order valence-corrected chi connectivity index (χ4v) is 2.41. The van der Waals surface area contributed by atoms with Crippen molar-refractivity contribution >= 4 is 29.1 Å². The first-order valence-electron chi connectivity index (χ1n) is 7.55. The molecule has 2 aromatic carbocycles. The van der Waals surface area contributed by atoms with E-state index in [1.807, 2.05) is 0 Å². The Hall–Kier alpha value is -2.54. The maximum atomic E-state index is 12.7. The molecule has 0 saturated heterocycles. The van der Waals surface area contributed by atoms with Crippen molar-refractivity contribution in [1.29, 1.82) is 0 Å². The summed E-state index contributed by atoms with van der Waals surface area (Å²) in [5.74, 6) is -0.810. The van der Waals surface area contributed by atoms with Crippen molar-refractivity contribution in [2.45, 2.75) is 12.6 Å². The van der Waals surface area contributed by atoms with Gasteiger partial charge in [0.2, 0.25) is 5.91 Å². The van der Waals surface area contributed by atoms with E-state index in [1.165, 1.54) is 35.2 Å². The van der Waals surface area contributed by atoms with Crippen LogP contribution in [-0.2, 0) is 17.4 Å². The highest BCUT2D eigenvalue weighted by molar-refractivity contribution is 6.33. The number of carbonyl (C=O) groups excluding carboxylic acids is 2. The Morgan fingerprint density at radius 3 is 2.42 bits per heavy atom. The number of benzene rings is 2. The molecule has 4 nitrogen and oxygen atoms in total. The van der Waals surface area contributed by atoms with Gasteiger partial charge in [-0.3, -0.25) is 9.59 Å². The van der Waals surface area contributed by atoms with E-state index in [4.69, 9.17) is 11.6 Å². The minimum atomic E-state index is -4.48. The largest absolute Gasteiger partial charge is 0.416 e. The number of carbonyl (C=O) groups is 2. The molecule has 0 atom stereocenters. The summed E-state index contributed by atoms with van der Waals surface area (Å²) in [5, 5.41) is 2.75. The minimum absolute atomic E-state index is 0.217. The van der Waals surface area contributed by atoms with Crippen molar-refractivity contribution in [2.75, 3.05) is 19.4 Å². The van der Waals surface area contributed by atoms with Gasteiger partial charge in [-0.25, -0.2) is 0 Å². The highest BCUT2D eigenvalue weighted by Crippen LogP contribution is 2.30. The highest BCUT2D eigenvalue weighted by Gasteiger charge is 2.30. The Balaban J connectivity index is 2.15. The molecule has 2 amide bonds. The van der Waals surface area contributed by atoms with E-state index in [-0.39, 0.29) is 28.6 Å². The molecule has 0 spiro atoms. The van der Waals surface area contributed by atoms with Crippen LogP contribution >= 0.6 is 11.6 Å². The molecule has 138 valence electrons. The summed E-state index contributed by atoms with van der Waals surface area (Å²) >= 11 is 6.02. The van der Waals surface area contributed by atoms with Gasteiger partial charge in [0.05, 0.1) is 22.7 Å². The molecule has 0 unspecified atom stereocenters. The fourth-order valence-electron chi connectivity index (χ4n) is 2.25. The Bertz CT molecular complexity index is 835. The van der Waals surface area contributed by atoms with Crippen molar-refractivity contribution < 1.29 is 22.8 Å². The van der Waals surface area contributed by atoms with E-state index in [1.54, 1.807) is 14.1 Å². The van der Waals surface area contributed by atoms with Crippen LogP contribution < -0.4 is 5.32 Å². The summed E-state index contributed by atoms with van der Waals surface area (Å²) in [7, 11) is 3.17. The van der Waals surface area contributed by atoms with Gasteiger partial charge in [-0.05, 0) is 29.8 Å². The molecule has 0 aliphatic carbocycles. The maximum Gasteiger partial charge on any atom is 0.416 e. The van der Waals surface area contributed by atoms with Gasteiger partial charge >= 0.3 is 6.18 Å². The number of rotatable bonds is 4. The zero-order chi connectivity index (χ0) is 19.5. The number of hydrogen-bond acceptors (Lipinski definition) is 2. The third kappa shape index (κ3) is 4.98. The smallest absolute Gasteiger partial charge is 0.345 e. The lowest BCUT2D eigenvalue weighted by molar-refractivity contribution is -0.137. The average molecular weight is 385 g/mol. The molecule has 2 rings (SSSR count). The third-order valence-corrected chi connectivity index (χ3v) is 3.84. The monoisotopic (exact) mass is 384 g/mol. The van der Waals surface area contributed by atoms with Crippen LogP contribution in [0.2, 0.25) is 5.02 Å². The summed E-state index contributed by atoms with van der Waals surface area (Å²) in [5.41, 5.74) is -0.0570. The number of anilines is 1. The normalized spacial score (nSPS) is 11.2. The van der Waals surface area contributed by atoms with Gasteiger partial charge in [-0.15, -0.1) is 0 Å². The third-order valence-electron chi connectivity index (χ3n) is 3.51. The zero-order valence-corrected chi connectivity index (χ0v) is 14.8. The molecule has 0 aromatic heterocycles. The van der Waals surface area contributed by atoms with Gasteiger partial charge in [0, 0.05) is 19.7 Å². The standard InChI is InChI=1S/C18H16ClF3N2O2/c1-24(2)17(26)12-6-7-14(19)15(10-12)23-16(25)9-11-4-3-5-13(8-11)18(20,21)22/h3-8,10H,9H2,1-2H3,(H,23,25). The van der Waals surface area contributed by atoms with E-state index in [2.05, 4.69) is 5.32 Å². The van der Waals surface area contributed by atoms with Gasteiger partial charge in [-0.2, -0.15) is 13.2 Å². The van der Waals surface area contributed by atoms with Gasteiger partial charge in [0.15, 0.2) is 0 Å². The van der Waals surface area contributed by atoms with E-state index in [9.17, 15) is 22.8 Å². The van der Waals surface area contributed by atoms with Crippen molar-refractivity contribution in [2.24, 2.45) is 0 Å². The average Bonchev–Trinajstić information content (AvgIpc) is 2.55. The van der Waals surface area contributed by atoms with E-state index in [0.29, 0.717) is 5.56 Å². The molecule has 26 heavy (non-hydrogen) atoms. The first-order valence-corrected chi connectivity index (χ1v) is 7.93. The molecule has 0 bridgehead atoms. The highest BCUT2D eigenvalue weighted by atomic mass is 35.5. The summed E-state index contributed by atoms with van der Waals surface area (Å²) in [6.45, 7) is 0. The molecule has 0 aliphatic heterocycles. The van der Waals surface area contributed by atoms with Crippen LogP contribution in [0, 0.1) is 0 Å². The number of amides is 2. The zero-order valence-electron chi connectivity index (χ0n) is 14.0. The topological polar surface area (TPSA) is 49.4 Å². The van der Waals surface area contributed by atoms with Crippen LogP contribution in [0.5, 0.6) is 0 Å². The van der Waals surface area contributed by atoms with Gasteiger partial charge < -0.3 is 10.2 Å². The molecular formula is C18H16ClF3N2O2. The Labute approximate surface area is 153 Å². The SMILES string of the molecule is CN(C)C(=O)c1ccc(Cl)c(NC(=O)Cc2cccc(C(F)(F)F)c2)c1. The summed E-state index contributed by atoms with van der Waals surface area (Å²) in [6, 6.07) is 8.96. The summed E-state index contributed by atoms with van der Waals surface area (Å²) in [4.78, 5) is 25.5. The van der Waals surface area contributed by atoms with Crippen LogP contribution in [0.1, 0.15) is 21.5 Å². The number of halogens is 4. The summed E-state index contributed by atoms with van der Waals surface area (Å²) in [6.07, 6.45) is -4.73. The maximum absolute atomic E-state index is 12.7. The fraction of sp³-hybridized carbons (Fsp3) is 0.222. The van der Waals surface area contributed by atoms with Crippen molar-refractivity contribution in [3.63, 3.8) is 0 Å². The molecule has 0 radical (unpaired) electrons. The van der Waals surface area contributed by atoms with Crippen LogP contribution in [0.15, 0.2) is 42.5 Å². The predicted molar refractivity (Wildman–Crippen MR) is 93.2 cm³/mol. The van der Waals surface area contributed by atoms with E-state index < -0.39 is 17.6 Å². The van der Waals surface area contributed by atoms with Crippen LogP contribution in [0.25, 0.3) is 0 Å². The minimum Gasteiger partial charge on any atom is -0.345 e. The second kappa shape index (κ2) is 7.78. The Morgan fingerprint density at radius 2 is 1.81 bits per heavy atom. The van der Waals surface area contributed by atoms with Gasteiger partial charge in [0.1, 0.15) is 0 Å². The van der Waals surface area contributed by atoms with Crippen LogP contribution in [-0.4, -0.2) is 30.8 Å². The molecule has 2 aromatic rings. The number of hydrogen-bond donors (Lipinski definition) is 1. The number of nitrogens with one attached hydrogen (secondary N) is 1. The van der Waals surface area contributed by atoms with Crippen LogP contribution in [0.3, 0.4) is 0 Å². The molecule has 0 aliphatic rings. The Morgan fingerprint density at radius 1 is 1.12 bits per heavy atom. The Kier molecular flexibility index (Phi) is 5.92. The number of alkyl halides is 3. The quantitative estimate of drug-likeness (QED) is 0.857. The van der Waals surface area contributed by atoms with Gasteiger partial charge in [-0.1, -0.05) is 29.8 Å². The molecular weight excluding hydrogens is 369 g/mol. The lowest BCUT2D eigenvalue weighted by Gasteiger charge is -2.13. The number of nitrogens with zero attached hydrogens (tertiary/aromatic N) is 1. The second-order valence-corrected chi connectivity index (χ2v) is 6.22. The summed E-state index contributed by atoms with van der Waals surface area (Å²) < 4.78 is 38.2. The van der Waals surface area contributed by atoms with E-state index >= 15 is 0 Å². The molecule has 1 N–H and O–H groups in total. The first-order chi connectivity index (χ1) is 12.1. The second-order valence-electron chi connectivity index (χ2n) is 5.82. The molecule has 0 heterocycles. The van der Waals surface area contributed by atoms with Crippen LogP contribution in [0.4, 0.5) is 18.9 Å².